The molecule has 2 aromatic rings. The van der Waals surface area contributed by atoms with Crippen molar-refractivity contribution in [3.63, 3.8) is 0 Å². The lowest BCUT2D eigenvalue weighted by atomic mass is 10.1. The largest absolute Gasteiger partial charge is 0.469 e. The molecule has 1 unspecified atom stereocenters. The van der Waals surface area contributed by atoms with Gasteiger partial charge in [-0.05, 0) is 29.8 Å². The molecule has 6 heteroatoms. The number of esters is 1. The fourth-order valence-electron chi connectivity index (χ4n) is 2.44. The highest BCUT2D eigenvalue weighted by Gasteiger charge is 2.22. The number of ether oxygens (including phenoxy) is 1. The molecule has 0 fully saturated rings. The van der Waals surface area contributed by atoms with Crippen LogP contribution in [-0.2, 0) is 27.3 Å². The van der Waals surface area contributed by atoms with Gasteiger partial charge in [0.25, 0.3) is 0 Å². The minimum atomic E-state index is -0.453. The molecule has 0 radical (unpaired) electrons. The molecule has 25 heavy (non-hydrogen) atoms. The zero-order chi connectivity index (χ0) is 18.2. The lowest BCUT2D eigenvalue weighted by molar-refractivity contribution is -0.146. The van der Waals surface area contributed by atoms with Crippen LogP contribution in [0.15, 0.2) is 48.7 Å². The summed E-state index contributed by atoms with van der Waals surface area (Å²) in [6.07, 6.45) is 1.78. The van der Waals surface area contributed by atoms with E-state index in [0.717, 1.165) is 5.69 Å². The van der Waals surface area contributed by atoms with Gasteiger partial charge in [0.15, 0.2) is 0 Å². The van der Waals surface area contributed by atoms with Crippen LogP contribution in [0.2, 0.25) is 0 Å². The second kappa shape index (κ2) is 8.92. The quantitative estimate of drug-likeness (QED) is 0.725. The predicted molar refractivity (Wildman–Crippen MR) is 90.9 cm³/mol. The van der Waals surface area contributed by atoms with Crippen LogP contribution in [0.25, 0.3) is 0 Å². The maximum Gasteiger partial charge on any atom is 0.310 e. The summed E-state index contributed by atoms with van der Waals surface area (Å²) in [5.74, 6) is -1.33. The summed E-state index contributed by atoms with van der Waals surface area (Å²) in [4.78, 5) is 30.2. The van der Waals surface area contributed by atoms with Gasteiger partial charge in [0.2, 0.25) is 5.91 Å². The van der Waals surface area contributed by atoms with Gasteiger partial charge in [0.1, 0.15) is 5.82 Å². The molecule has 0 N–H and O–H groups in total. The maximum absolute atomic E-state index is 13.0. The molecular formula is C19H21FN2O3. The number of aromatic nitrogens is 1. The Morgan fingerprint density at radius 1 is 1.20 bits per heavy atom. The van der Waals surface area contributed by atoms with Crippen molar-refractivity contribution >= 4 is 11.9 Å². The molecule has 1 aromatic heterocycles. The third-order valence-electron chi connectivity index (χ3n) is 3.80. The Morgan fingerprint density at radius 2 is 1.92 bits per heavy atom. The van der Waals surface area contributed by atoms with Gasteiger partial charge in [-0.15, -0.1) is 0 Å². The molecule has 0 aliphatic heterocycles. The first-order valence-electron chi connectivity index (χ1n) is 7.99. The first kappa shape index (κ1) is 18.6. The number of hydrogen-bond donors (Lipinski definition) is 0. The van der Waals surface area contributed by atoms with Crippen LogP contribution >= 0.6 is 0 Å². The molecule has 1 atom stereocenters. The fraction of sp³-hybridized carbons (Fsp3) is 0.316. The Kier molecular flexibility index (Phi) is 6.62. The number of hydrogen-bond acceptors (Lipinski definition) is 4. The fourth-order valence-corrected chi connectivity index (χ4v) is 2.44. The predicted octanol–water partition coefficient (Wildman–Crippen LogP) is 2.60. The molecule has 1 amide bonds. The summed E-state index contributed by atoms with van der Waals surface area (Å²) in [7, 11) is 1.32. The summed E-state index contributed by atoms with van der Waals surface area (Å²) in [6, 6.07) is 11.3. The van der Waals surface area contributed by atoms with E-state index in [1.165, 1.54) is 19.2 Å². The monoisotopic (exact) mass is 344 g/mol. The molecule has 5 nitrogen and oxygen atoms in total. The van der Waals surface area contributed by atoms with Crippen LogP contribution in [0.1, 0.15) is 18.2 Å². The van der Waals surface area contributed by atoms with E-state index in [4.69, 9.17) is 4.74 Å². The summed E-state index contributed by atoms with van der Waals surface area (Å²) in [5, 5.41) is 0. The molecular weight excluding hydrogens is 323 g/mol. The van der Waals surface area contributed by atoms with E-state index in [-0.39, 0.29) is 30.7 Å². The van der Waals surface area contributed by atoms with Gasteiger partial charge < -0.3 is 9.64 Å². The molecule has 132 valence electrons. The lowest BCUT2D eigenvalue weighted by Crippen LogP contribution is -2.38. The Hall–Kier alpha value is -2.76. The van der Waals surface area contributed by atoms with E-state index >= 15 is 0 Å². The Bertz CT molecular complexity index is 704. The number of carbonyl (C=O) groups is 2. The number of rotatable bonds is 7. The van der Waals surface area contributed by atoms with E-state index in [0.29, 0.717) is 12.1 Å². The molecule has 0 bridgehead atoms. The highest BCUT2D eigenvalue weighted by molar-refractivity contribution is 5.80. The topological polar surface area (TPSA) is 59.5 Å². The molecule has 0 spiro atoms. The first-order valence-corrected chi connectivity index (χ1v) is 7.99. The van der Waals surface area contributed by atoms with Crippen LogP contribution in [0.4, 0.5) is 4.39 Å². The normalized spacial score (nSPS) is 11.6. The van der Waals surface area contributed by atoms with Crippen molar-refractivity contribution in [3.05, 3.63) is 65.7 Å². The summed E-state index contributed by atoms with van der Waals surface area (Å²) < 4.78 is 17.8. The van der Waals surface area contributed by atoms with E-state index in [1.54, 1.807) is 36.2 Å². The standard InChI is InChI=1S/C19H21FN2O3/c1-14(19(24)25-2)12-22(13-17-5-3-4-10-21-17)18(23)11-15-6-8-16(20)9-7-15/h3-10,14H,11-13H2,1-2H3. The minimum Gasteiger partial charge on any atom is -0.469 e. The van der Waals surface area contributed by atoms with Crippen LogP contribution in [0, 0.1) is 11.7 Å². The first-order chi connectivity index (χ1) is 12.0. The molecule has 0 saturated carbocycles. The molecule has 1 aromatic carbocycles. The van der Waals surface area contributed by atoms with Crippen molar-refractivity contribution in [2.45, 2.75) is 19.9 Å². The smallest absolute Gasteiger partial charge is 0.310 e. The third kappa shape index (κ3) is 5.67. The number of benzene rings is 1. The lowest BCUT2D eigenvalue weighted by Gasteiger charge is -2.25. The average molecular weight is 344 g/mol. The van der Waals surface area contributed by atoms with Gasteiger partial charge in [0, 0.05) is 12.7 Å². The molecule has 2 rings (SSSR count). The van der Waals surface area contributed by atoms with Crippen LogP contribution < -0.4 is 0 Å². The zero-order valence-corrected chi connectivity index (χ0v) is 14.3. The highest BCUT2D eigenvalue weighted by Crippen LogP contribution is 2.11. The van der Waals surface area contributed by atoms with Crippen LogP contribution in [-0.4, -0.2) is 35.4 Å². The Morgan fingerprint density at radius 3 is 2.52 bits per heavy atom. The number of carbonyl (C=O) groups excluding carboxylic acids is 2. The highest BCUT2D eigenvalue weighted by atomic mass is 19.1. The van der Waals surface area contributed by atoms with E-state index < -0.39 is 5.92 Å². The number of methoxy groups -OCH3 is 1. The summed E-state index contributed by atoms with van der Waals surface area (Å²) in [6.45, 7) is 2.23. The molecule has 0 aliphatic carbocycles. The molecule has 0 saturated heterocycles. The van der Waals surface area contributed by atoms with E-state index in [1.807, 2.05) is 12.1 Å². The van der Waals surface area contributed by atoms with Gasteiger partial charge in [-0.1, -0.05) is 25.1 Å². The van der Waals surface area contributed by atoms with Gasteiger partial charge in [-0.3, -0.25) is 14.6 Å². The van der Waals surface area contributed by atoms with Crippen molar-refractivity contribution in [3.8, 4) is 0 Å². The van der Waals surface area contributed by atoms with Crippen molar-refractivity contribution in [1.82, 2.24) is 9.88 Å². The SMILES string of the molecule is COC(=O)C(C)CN(Cc1ccccn1)C(=O)Cc1ccc(F)cc1. The third-order valence-corrected chi connectivity index (χ3v) is 3.80. The number of nitrogens with zero attached hydrogens (tertiary/aromatic N) is 2. The molecule has 0 aliphatic rings. The minimum absolute atomic E-state index is 0.126. The van der Waals surface area contributed by atoms with Gasteiger partial charge in [0.05, 0.1) is 31.7 Å². The van der Waals surface area contributed by atoms with Crippen molar-refractivity contribution < 1.29 is 18.7 Å². The number of amides is 1. The Labute approximate surface area is 146 Å². The second-order valence-electron chi connectivity index (χ2n) is 5.82. The number of pyridine rings is 1. The van der Waals surface area contributed by atoms with Crippen LogP contribution in [0.5, 0.6) is 0 Å². The van der Waals surface area contributed by atoms with Gasteiger partial charge >= 0.3 is 5.97 Å². The average Bonchev–Trinajstić information content (AvgIpc) is 2.63. The summed E-state index contributed by atoms with van der Waals surface area (Å²) in [5.41, 5.74) is 1.44. The van der Waals surface area contributed by atoms with Gasteiger partial charge in [-0.2, -0.15) is 0 Å². The van der Waals surface area contributed by atoms with Crippen molar-refractivity contribution in [2.75, 3.05) is 13.7 Å². The number of halogens is 1. The Balaban J connectivity index is 2.12. The van der Waals surface area contributed by atoms with Crippen molar-refractivity contribution in [2.24, 2.45) is 5.92 Å². The second-order valence-corrected chi connectivity index (χ2v) is 5.82. The molecule has 1 heterocycles. The van der Waals surface area contributed by atoms with E-state index in [2.05, 4.69) is 4.98 Å². The maximum atomic E-state index is 13.0. The van der Waals surface area contributed by atoms with Crippen molar-refractivity contribution in [1.29, 1.82) is 0 Å². The zero-order valence-electron chi connectivity index (χ0n) is 14.3. The van der Waals surface area contributed by atoms with Gasteiger partial charge in [-0.25, -0.2) is 4.39 Å². The summed E-state index contributed by atoms with van der Waals surface area (Å²) >= 11 is 0. The van der Waals surface area contributed by atoms with Crippen LogP contribution in [0.3, 0.4) is 0 Å². The van der Waals surface area contributed by atoms with E-state index in [9.17, 15) is 14.0 Å².